The second-order valence-corrected chi connectivity index (χ2v) is 15.0. The van der Waals surface area contributed by atoms with Crippen molar-refractivity contribution in [2.24, 2.45) is 0 Å². The van der Waals surface area contributed by atoms with Crippen molar-refractivity contribution in [2.45, 2.75) is 90.8 Å². The molecule has 0 fully saturated rings. The molecule has 0 saturated heterocycles. The number of hydrogen-bond donors (Lipinski definition) is 0. The van der Waals surface area contributed by atoms with Crippen LogP contribution < -0.4 is 0 Å². The van der Waals surface area contributed by atoms with Crippen LogP contribution in [0.25, 0.3) is 0 Å². The van der Waals surface area contributed by atoms with Gasteiger partial charge in [-0.3, -0.25) is 0 Å². The lowest BCUT2D eigenvalue weighted by Gasteiger charge is -2.29. The van der Waals surface area contributed by atoms with E-state index in [9.17, 15) is 0 Å². The second-order valence-electron chi connectivity index (χ2n) is 5.43. The fraction of sp³-hybridized carbons (Fsp3) is 1.00. The SMILES string of the molecule is CCCCCCCCP[Si](CC)(CC)CCC. The van der Waals surface area contributed by atoms with E-state index in [1.807, 2.05) is 0 Å². The maximum Gasteiger partial charge on any atom is 0.0771 e. The third-order valence-electron chi connectivity index (χ3n) is 4.11. The summed E-state index contributed by atoms with van der Waals surface area (Å²) in [6, 6.07) is 4.66. The van der Waals surface area contributed by atoms with Gasteiger partial charge in [0.1, 0.15) is 0 Å². The summed E-state index contributed by atoms with van der Waals surface area (Å²) in [4.78, 5) is 0. The third kappa shape index (κ3) is 8.38. The van der Waals surface area contributed by atoms with Gasteiger partial charge >= 0.3 is 0 Å². The molecule has 0 radical (unpaired) electrons. The molecule has 2 heteroatoms. The molecule has 0 aromatic heterocycles. The normalized spacial score (nSPS) is 12.7. The molecule has 0 aliphatic rings. The molecule has 0 aromatic carbocycles. The summed E-state index contributed by atoms with van der Waals surface area (Å²) in [5.41, 5.74) is 0. The average molecular weight is 275 g/mol. The van der Waals surface area contributed by atoms with Crippen molar-refractivity contribution in [1.82, 2.24) is 0 Å². The summed E-state index contributed by atoms with van der Waals surface area (Å²) in [5.74, 6) is 0. The van der Waals surface area contributed by atoms with Gasteiger partial charge in [-0.25, -0.2) is 0 Å². The summed E-state index contributed by atoms with van der Waals surface area (Å²) in [6.45, 7) is 9.59. The maximum absolute atomic E-state index is 2.46. The van der Waals surface area contributed by atoms with Gasteiger partial charge in [0.15, 0.2) is 0 Å². The van der Waals surface area contributed by atoms with E-state index in [2.05, 4.69) is 27.7 Å². The highest BCUT2D eigenvalue weighted by molar-refractivity contribution is 7.82. The summed E-state index contributed by atoms with van der Waals surface area (Å²) in [7, 11) is 0.560. The largest absolute Gasteiger partial charge is 0.133 e. The van der Waals surface area contributed by atoms with Gasteiger partial charge in [0.25, 0.3) is 0 Å². The van der Waals surface area contributed by atoms with Gasteiger partial charge in [0.05, 0.1) is 7.74 Å². The van der Waals surface area contributed by atoms with Crippen molar-refractivity contribution in [1.29, 1.82) is 0 Å². The van der Waals surface area contributed by atoms with Gasteiger partial charge in [-0.15, -0.1) is 8.13 Å². The van der Waals surface area contributed by atoms with Gasteiger partial charge in [-0.1, -0.05) is 84.4 Å². The van der Waals surface area contributed by atoms with E-state index in [0.29, 0.717) is 0 Å². The Morgan fingerprint density at radius 3 is 1.82 bits per heavy atom. The van der Waals surface area contributed by atoms with E-state index >= 15 is 0 Å². The van der Waals surface area contributed by atoms with Crippen molar-refractivity contribution in [2.75, 3.05) is 6.16 Å². The second kappa shape index (κ2) is 11.7. The molecule has 1 atom stereocenters. The molecule has 0 saturated carbocycles. The molecule has 0 aromatic rings. The fourth-order valence-electron chi connectivity index (χ4n) is 2.68. The molecule has 104 valence electrons. The average Bonchev–Trinajstić information content (AvgIpc) is 2.36. The van der Waals surface area contributed by atoms with Crippen LogP contribution in [0.3, 0.4) is 0 Å². The summed E-state index contributed by atoms with van der Waals surface area (Å²) < 4.78 is 0. The molecule has 0 aliphatic carbocycles. The first-order valence-corrected chi connectivity index (χ1v) is 12.8. The topological polar surface area (TPSA) is 0 Å². The minimum atomic E-state index is -0.791. The van der Waals surface area contributed by atoms with Gasteiger partial charge in [-0.05, 0) is 12.6 Å². The van der Waals surface area contributed by atoms with Gasteiger partial charge in [-0.2, -0.15) is 0 Å². The van der Waals surface area contributed by atoms with Crippen LogP contribution in [0.5, 0.6) is 0 Å². The first kappa shape index (κ1) is 17.6. The standard InChI is InChI=1S/C15H35PSi/c1-5-9-10-11-12-13-14-16-17(7-3,8-4)15-6-2/h16H,5-15H2,1-4H3. The van der Waals surface area contributed by atoms with Crippen molar-refractivity contribution in [3.8, 4) is 0 Å². The Hall–Kier alpha value is 0.647. The van der Waals surface area contributed by atoms with Crippen molar-refractivity contribution >= 4 is 15.9 Å². The number of rotatable bonds is 12. The molecule has 0 N–H and O–H groups in total. The van der Waals surface area contributed by atoms with Crippen LogP contribution >= 0.6 is 8.13 Å². The molecular weight excluding hydrogens is 239 g/mol. The molecular formula is C15H35PSi. The van der Waals surface area contributed by atoms with Crippen LogP contribution in [0, 0.1) is 0 Å². The van der Waals surface area contributed by atoms with E-state index < -0.39 is 7.74 Å². The zero-order valence-corrected chi connectivity index (χ0v) is 14.8. The zero-order valence-electron chi connectivity index (χ0n) is 12.8. The van der Waals surface area contributed by atoms with Crippen LogP contribution in [0.4, 0.5) is 0 Å². The Morgan fingerprint density at radius 2 is 1.29 bits per heavy atom. The monoisotopic (exact) mass is 274 g/mol. The zero-order chi connectivity index (χ0) is 13.0. The molecule has 1 unspecified atom stereocenters. The first-order chi connectivity index (χ1) is 8.24. The quantitative estimate of drug-likeness (QED) is 0.219. The van der Waals surface area contributed by atoms with E-state index in [4.69, 9.17) is 0 Å². The van der Waals surface area contributed by atoms with Gasteiger partial charge in [0, 0.05) is 0 Å². The Kier molecular flexibility index (Phi) is 12.2. The molecule has 0 amide bonds. The molecule has 0 bridgehead atoms. The van der Waals surface area contributed by atoms with Crippen LogP contribution in [0.2, 0.25) is 18.1 Å². The van der Waals surface area contributed by atoms with Crippen LogP contribution in [0.1, 0.15) is 72.6 Å². The van der Waals surface area contributed by atoms with Crippen LogP contribution in [-0.4, -0.2) is 13.9 Å². The summed E-state index contributed by atoms with van der Waals surface area (Å²) >= 11 is 0. The number of hydrogen-bond acceptors (Lipinski definition) is 0. The molecule has 0 nitrogen and oxygen atoms in total. The lowest BCUT2D eigenvalue weighted by molar-refractivity contribution is 0.627. The molecule has 0 aliphatic heterocycles. The highest BCUT2D eigenvalue weighted by Crippen LogP contribution is 2.39. The van der Waals surface area contributed by atoms with Crippen molar-refractivity contribution in [3.63, 3.8) is 0 Å². The summed E-state index contributed by atoms with van der Waals surface area (Å²) in [5, 5.41) is 0. The van der Waals surface area contributed by atoms with Crippen molar-refractivity contribution in [3.05, 3.63) is 0 Å². The van der Waals surface area contributed by atoms with Gasteiger partial charge in [0.2, 0.25) is 0 Å². The minimum absolute atomic E-state index is 0.791. The smallest absolute Gasteiger partial charge is 0.0771 e. The molecule has 0 heterocycles. The van der Waals surface area contributed by atoms with E-state index in [0.717, 1.165) is 0 Å². The maximum atomic E-state index is 2.46. The lowest BCUT2D eigenvalue weighted by atomic mass is 10.1. The first-order valence-electron chi connectivity index (χ1n) is 7.99. The van der Waals surface area contributed by atoms with Crippen LogP contribution in [-0.2, 0) is 0 Å². The fourth-order valence-corrected chi connectivity index (χ4v) is 11.4. The lowest BCUT2D eigenvalue weighted by Crippen LogP contribution is -2.26. The minimum Gasteiger partial charge on any atom is -0.133 e. The third-order valence-corrected chi connectivity index (χ3v) is 15.5. The van der Waals surface area contributed by atoms with E-state index in [-0.39, 0.29) is 0 Å². The highest BCUT2D eigenvalue weighted by Gasteiger charge is 2.26. The van der Waals surface area contributed by atoms with E-state index in [1.165, 1.54) is 65.2 Å². The predicted molar refractivity (Wildman–Crippen MR) is 88.4 cm³/mol. The number of unbranched alkanes of at least 4 members (excludes halogenated alkanes) is 5. The van der Waals surface area contributed by atoms with E-state index in [1.54, 1.807) is 12.2 Å². The Morgan fingerprint density at radius 1 is 0.706 bits per heavy atom. The molecule has 0 spiro atoms. The van der Waals surface area contributed by atoms with Gasteiger partial charge < -0.3 is 0 Å². The Balaban J connectivity index is 3.61. The van der Waals surface area contributed by atoms with Crippen molar-refractivity contribution < 1.29 is 0 Å². The molecule has 17 heavy (non-hydrogen) atoms. The predicted octanol–water partition coefficient (Wildman–Crippen LogP) is 6.42. The highest BCUT2D eigenvalue weighted by atomic mass is 31.3. The Bertz CT molecular complexity index is 155. The van der Waals surface area contributed by atoms with Crippen LogP contribution in [0.15, 0.2) is 0 Å². The summed E-state index contributed by atoms with van der Waals surface area (Å²) in [6.07, 6.45) is 11.8. The molecule has 0 rings (SSSR count). The Labute approximate surface area is 113 Å².